The number of fused-ring (bicyclic) bond motifs is 1. The van der Waals surface area contributed by atoms with Crippen molar-refractivity contribution in [2.75, 3.05) is 6.61 Å². The largest absolute Gasteiger partial charge is 0.494 e. The van der Waals surface area contributed by atoms with Crippen LogP contribution in [0.15, 0.2) is 59.7 Å². The lowest BCUT2D eigenvalue weighted by Gasteiger charge is -2.08. The average Bonchev–Trinajstić information content (AvgIpc) is 3.21. The zero-order valence-electron chi connectivity index (χ0n) is 17.1. The second-order valence-electron chi connectivity index (χ2n) is 6.92. The van der Waals surface area contributed by atoms with Crippen LogP contribution >= 0.6 is 11.6 Å². The van der Waals surface area contributed by atoms with Crippen LogP contribution in [0.2, 0.25) is 5.02 Å². The van der Waals surface area contributed by atoms with Gasteiger partial charge in [0.05, 0.1) is 12.3 Å². The maximum Gasteiger partial charge on any atom is 0.293 e. The highest BCUT2D eigenvalue weighted by Crippen LogP contribution is 2.22. The number of aromatic nitrogens is 4. The first-order chi connectivity index (χ1) is 15.4. The summed E-state index contributed by atoms with van der Waals surface area (Å²) >= 11 is 5.97. The van der Waals surface area contributed by atoms with Gasteiger partial charge in [-0.15, -0.1) is 0 Å². The van der Waals surface area contributed by atoms with Crippen LogP contribution in [-0.2, 0) is 17.9 Å². The van der Waals surface area contributed by atoms with E-state index in [0.29, 0.717) is 23.4 Å². The number of amides is 1. The third-order valence-corrected chi connectivity index (χ3v) is 5.09. The van der Waals surface area contributed by atoms with E-state index in [1.807, 2.05) is 31.2 Å². The van der Waals surface area contributed by atoms with Crippen LogP contribution in [0, 0.1) is 5.82 Å². The number of hydrogen-bond donors (Lipinski definition) is 1. The second-order valence-corrected chi connectivity index (χ2v) is 7.33. The predicted molar refractivity (Wildman–Crippen MR) is 117 cm³/mol. The maximum atomic E-state index is 13.1. The molecule has 0 saturated carbocycles. The molecule has 1 N–H and O–H groups in total. The summed E-state index contributed by atoms with van der Waals surface area (Å²) in [4.78, 5) is 25.1. The third kappa shape index (κ3) is 4.62. The van der Waals surface area contributed by atoms with Crippen molar-refractivity contribution >= 4 is 23.0 Å². The quantitative estimate of drug-likeness (QED) is 0.462. The molecule has 0 saturated heterocycles. The molecule has 0 bridgehead atoms. The van der Waals surface area contributed by atoms with Crippen LogP contribution in [0.3, 0.4) is 0 Å². The van der Waals surface area contributed by atoms with E-state index in [0.717, 1.165) is 16.0 Å². The summed E-state index contributed by atoms with van der Waals surface area (Å²) in [5, 5.41) is 11.3. The highest BCUT2D eigenvalue weighted by molar-refractivity contribution is 6.31. The Kier molecular flexibility index (Phi) is 6.18. The van der Waals surface area contributed by atoms with Gasteiger partial charge in [-0.25, -0.2) is 13.6 Å². The fourth-order valence-corrected chi connectivity index (χ4v) is 3.37. The van der Waals surface area contributed by atoms with E-state index < -0.39 is 17.3 Å². The van der Waals surface area contributed by atoms with Crippen molar-refractivity contribution in [2.24, 2.45) is 0 Å². The lowest BCUT2D eigenvalue weighted by molar-refractivity contribution is -0.122. The van der Waals surface area contributed by atoms with Crippen LogP contribution in [0.25, 0.3) is 16.8 Å². The van der Waals surface area contributed by atoms with Gasteiger partial charge in [0.2, 0.25) is 5.91 Å². The fourth-order valence-electron chi connectivity index (χ4n) is 3.13. The first-order valence-electron chi connectivity index (χ1n) is 9.84. The number of rotatable bonds is 7. The zero-order chi connectivity index (χ0) is 22.7. The van der Waals surface area contributed by atoms with Crippen molar-refractivity contribution in [1.29, 1.82) is 0 Å². The molecule has 4 aromatic rings. The van der Waals surface area contributed by atoms with Crippen LogP contribution in [0.5, 0.6) is 5.75 Å². The van der Waals surface area contributed by atoms with Gasteiger partial charge in [0, 0.05) is 17.1 Å². The van der Waals surface area contributed by atoms with E-state index in [4.69, 9.17) is 16.3 Å². The molecule has 0 radical (unpaired) electrons. The third-order valence-electron chi connectivity index (χ3n) is 4.74. The van der Waals surface area contributed by atoms with Gasteiger partial charge in [-0.2, -0.15) is 10.2 Å². The topological polar surface area (TPSA) is 90.5 Å². The van der Waals surface area contributed by atoms with Gasteiger partial charge in [-0.05, 0) is 55.0 Å². The Hall–Kier alpha value is -3.72. The Labute approximate surface area is 187 Å². The zero-order valence-corrected chi connectivity index (χ0v) is 17.8. The molecule has 10 heteroatoms. The van der Waals surface area contributed by atoms with Crippen molar-refractivity contribution < 1.29 is 13.9 Å². The normalized spacial score (nSPS) is 11.0. The summed E-state index contributed by atoms with van der Waals surface area (Å²) in [5.74, 6) is -0.146. The van der Waals surface area contributed by atoms with Crippen LogP contribution in [0.4, 0.5) is 4.39 Å². The Bertz CT molecular complexity index is 1330. The van der Waals surface area contributed by atoms with E-state index in [9.17, 15) is 14.0 Å². The van der Waals surface area contributed by atoms with Crippen molar-refractivity contribution in [2.45, 2.75) is 20.0 Å². The van der Waals surface area contributed by atoms with Gasteiger partial charge >= 0.3 is 0 Å². The van der Waals surface area contributed by atoms with Crippen molar-refractivity contribution in [3.8, 4) is 17.0 Å². The summed E-state index contributed by atoms with van der Waals surface area (Å²) < 4.78 is 21.0. The summed E-state index contributed by atoms with van der Waals surface area (Å²) in [6.45, 7) is 2.30. The smallest absolute Gasteiger partial charge is 0.293 e. The molecular weight excluding hydrogens is 437 g/mol. The summed E-state index contributed by atoms with van der Waals surface area (Å²) in [6.07, 6.45) is 1.37. The SMILES string of the molecule is CCOc1ccc(-c2cc3c(=O)n(CC(=O)NCc4ccc(F)cc4Cl)ncn3n2)cc1. The first-order valence-corrected chi connectivity index (χ1v) is 10.2. The number of hydrogen-bond acceptors (Lipinski definition) is 5. The summed E-state index contributed by atoms with van der Waals surface area (Å²) in [5.41, 5.74) is 1.82. The molecule has 164 valence electrons. The molecule has 0 unspecified atom stereocenters. The molecule has 0 aliphatic heterocycles. The monoisotopic (exact) mass is 455 g/mol. The molecule has 8 nitrogen and oxygen atoms in total. The molecular formula is C22H19ClFN5O3. The lowest BCUT2D eigenvalue weighted by atomic mass is 10.1. The van der Waals surface area contributed by atoms with Gasteiger partial charge in [0.25, 0.3) is 5.56 Å². The Morgan fingerprint density at radius 1 is 1.19 bits per heavy atom. The highest BCUT2D eigenvalue weighted by atomic mass is 35.5. The summed E-state index contributed by atoms with van der Waals surface area (Å²) in [7, 11) is 0. The number of carbonyl (C=O) groups is 1. The maximum absolute atomic E-state index is 13.1. The Morgan fingerprint density at radius 3 is 2.69 bits per heavy atom. The van der Waals surface area contributed by atoms with Gasteiger partial charge in [-0.3, -0.25) is 9.59 Å². The molecule has 2 aromatic heterocycles. The van der Waals surface area contributed by atoms with Crippen molar-refractivity contribution in [3.63, 3.8) is 0 Å². The van der Waals surface area contributed by atoms with E-state index >= 15 is 0 Å². The molecule has 0 atom stereocenters. The number of nitrogens with one attached hydrogen (secondary N) is 1. The van der Waals surface area contributed by atoms with E-state index in [2.05, 4.69) is 15.5 Å². The number of benzene rings is 2. The molecule has 4 rings (SSSR count). The number of halogens is 2. The van der Waals surface area contributed by atoms with Crippen molar-refractivity contribution in [3.05, 3.63) is 81.6 Å². The lowest BCUT2D eigenvalue weighted by Crippen LogP contribution is -2.34. The Balaban J connectivity index is 1.49. The number of nitrogens with zero attached hydrogens (tertiary/aromatic N) is 4. The molecule has 0 spiro atoms. The Morgan fingerprint density at radius 2 is 1.97 bits per heavy atom. The molecule has 0 aliphatic rings. The van der Waals surface area contributed by atoms with Gasteiger partial charge in [0.15, 0.2) is 0 Å². The first kappa shape index (κ1) is 21.5. The minimum Gasteiger partial charge on any atom is -0.494 e. The minimum atomic E-state index is -0.459. The van der Waals surface area contributed by atoms with E-state index in [1.54, 1.807) is 6.07 Å². The van der Waals surface area contributed by atoms with Gasteiger partial charge < -0.3 is 10.1 Å². The fraction of sp³-hybridized carbons (Fsp3) is 0.182. The van der Waals surface area contributed by atoms with E-state index in [1.165, 1.54) is 29.0 Å². The minimum absolute atomic E-state index is 0.101. The van der Waals surface area contributed by atoms with Crippen LogP contribution in [0.1, 0.15) is 12.5 Å². The average molecular weight is 456 g/mol. The summed E-state index contributed by atoms with van der Waals surface area (Å²) in [6, 6.07) is 12.9. The predicted octanol–water partition coefficient (Wildman–Crippen LogP) is 3.07. The van der Waals surface area contributed by atoms with E-state index in [-0.39, 0.29) is 18.1 Å². The highest BCUT2D eigenvalue weighted by Gasteiger charge is 2.13. The van der Waals surface area contributed by atoms with Gasteiger partial charge in [0.1, 0.15) is 30.0 Å². The van der Waals surface area contributed by atoms with Crippen LogP contribution in [-0.4, -0.2) is 31.9 Å². The standard InChI is InChI=1S/C22H19ClFN5O3/c1-2-32-17-7-4-14(5-8-17)19-10-20-22(31)28(26-13-29(20)27-19)12-21(30)25-11-15-3-6-16(24)9-18(15)23/h3-10,13H,2,11-12H2,1H3,(H,25,30). The molecule has 2 aromatic carbocycles. The number of ether oxygens (including phenoxy) is 1. The molecule has 1 amide bonds. The molecule has 0 aliphatic carbocycles. The van der Waals surface area contributed by atoms with Crippen LogP contribution < -0.4 is 15.6 Å². The second kappa shape index (κ2) is 9.19. The molecule has 32 heavy (non-hydrogen) atoms. The molecule has 0 fully saturated rings. The molecule has 2 heterocycles. The number of carbonyl (C=O) groups excluding carboxylic acids is 1. The van der Waals surface area contributed by atoms with Crippen molar-refractivity contribution in [1.82, 2.24) is 24.7 Å². The van der Waals surface area contributed by atoms with Gasteiger partial charge in [-0.1, -0.05) is 17.7 Å².